The molecule has 0 fully saturated rings. The molecule has 1 amide bonds. The first-order valence-electron chi connectivity index (χ1n) is 4.47. The summed E-state index contributed by atoms with van der Waals surface area (Å²) in [4.78, 5) is 11.7. The molecule has 0 aliphatic rings. The summed E-state index contributed by atoms with van der Waals surface area (Å²) in [5.41, 5.74) is 0.691. The van der Waals surface area contributed by atoms with E-state index in [4.69, 9.17) is 4.42 Å². The molecule has 0 spiro atoms. The van der Waals surface area contributed by atoms with Crippen molar-refractivity contribution in [3.8, 4) is 0 Å². The molecule has 0 saturated heterocycles. The van der Waals surface area contributed by atoms with Gasteiger partial charge >= 0.3 is 0 Å². The summed E-state index contributed by atoms with van der Waals surface area (Å²) >= 11 is 6.70. The quantitative estimate of drug-likeness (QED) is 0.892. The smallest absolute Gasteiger partial charge is 0.291 e. The number of benzene rings is 1. The zero-order valence-corrected chi connectivity index (χ0v) is 11.2. The predicted molar refractivity (Wildman–Crippen MR) is 68.5 cm³/mol. The molecule has 0 aliphatic carbocycles. The third-order valence-corrected chi connectivity index (χ3v) is 3.11. The molecule has 3 nitrogen and oxygen atoms in total. The van der Waals surface area contributed by atoms with Crippen molar-refractivity contribution in [3.05, 3.63) is 51.3 Å². The Hall–Kier alpha value is -1.07. The Morgan fingerprint density at radius 2 is 2.06 bits per heavy atom. The van der Waals surface area contributed by atoms with Crippen molar-refractivity contribution in [3.63, 3.8) is 0 Å². The van der Waals surface area contributed by atoms with Crippen molar-refractivity contribution in [2.45, 2.75) is 0 Å². The number of nitrogens with one attached hydrogen (secondary N) is 1. The molecule has 2 aromatic rings. The standard InChI is InChI=1S/C11H7Br2NO2/c12-7-3-4-8(13)9(6-7)14-11(15)10-2-1-5-16-10/h1-6H,(H,14,15). The number of carbonyl (C=O) groups excluding carboxylic acids is 1. The lowest BCUT2D eigenvalue weighted by Gasteiger charge is -2.06. The summed E-state index contributed by atoms with van der Waals surface area (Å²) in [5, 5.41) is 2.74. The van der Waals surface area contributed by atoms with Gasteiger partial charge in [0.25, 0.3) is 5.91 Å². The summed E-state index contributed by atoms with van der Waals surface area (Å²) in [5.74, 6) is 0.00988. The monoisotopic (exact) mass is 343 g/mol. The first-order valence-corrected chi connectivity index (χ1v) is 6.05. The van der Waals surface area contributed by atoms with Gasteiger partial charge < -0.3 is 9.73 Å². The number of hydrogen-bond acceptors (Lipinski definition) is 2. The SMILES string of the molecule is O=C(Nc1cc(Br)ccc1Br)c1ccco1. The maximum Gasteiger partial charge on any atom is 0.291 e. The maximum atomic E-state index is 11.7. The number of rotatable bonds is 2. The summed E-state index contributed by atoms with van der Waals surface area (Å²) in [6.45, 7) is 0. The Balaban J connectivity index is 2.21. The maximum absolute atomic E-state index is 11.7. The minimum Gasteiger partial charge on any atom is -0.459 e. The molecule has 16 heavy (non-hydrogen) atoms. The second-order valence-electron chi connectivity index (χ2n) is 3.06. The van der Waals surface area contributed by atoms with Crippen molar-refractivity contribution in [1.29, 1.82) is 0 Å². The van der Waals surface area contributed by atoms with Crippen LogP contribution in [0.4, 0.5) is 5.69 Å². The van der Waals surface area contributed by atoms with Crippen LogP contribution in [0.2, 0.25) is 0 Å². The van der Waals surface area contributed by atoms with Crippen molar-refractivity contribution in [1.82, 2.24) is 0 Å². The fourth-order valence-corrected chi connectivity index (χ4v) is 1.89. The van der Waals surface area contributed by atoms with Crippen molar-refractivity contribution in [2.24, 2.45) is 0 Å². The van der Waals surface area contributed by atoms with Gasteiger partial charge in [0.15, 0.2) is 5.76 Å². The van der Waals surface area contributed by atoms with Crippen LogP contribution in [0.25, 0.3) is 0 Å². The van der Waals surface area contributed by atoms with Crippen LogP contribution in [-0.4, -0.2) is 5.91 Å². The minimum absolute atomic E-state index is 0.274. The van der Waals surface area contributed by atoms with Crippen molar-refractivity contribution < 1.29 is 9.21 Å². The molecule has 0 atom stereocenters. The molecule has 5 heteroatoms. The molecule has 0 saturated carbocycles. The van der Waals surface area contributed by atoms with Crippen LogP contribution < -0.4 is 5.32 Å². The Labute approximate surface area is 109 Å². The first-order chi connectivity index (χ1) is 7.66. The van der Waals surface area contributed by atoms with E-state index in [1.54, 1.807) is 12.1 Å². The molecule has 1 heterocycles. The normalized spacial score (nSPS) is 10.1. The number of hydrogen-bond donors (Lipinski definition) is 1. The lowest BCUT2D eigenvalue weighted by molar-refractivity contribution is 0.0996. The first kappa shape index (κ1) is 11.4. The van der Waals surface area contributed by atoms with Crippen molar-refractivity contribution >= 4 is 43.5 Å². The van der Waals surface area contributed by atoms with E-state index < -0.39 is 0 Å². The number of furan rings is 1. The van der Waals surface area contributed by atoms with E-state index in [-0.39, 0.29) is 11.7 Å². The van der Waals surface area contributed by atoms with E-state index in [0.717, 1.165) is 8.95 Å². The highest BCUT2D eigenvalue weighted by Crippen LogP contribution is 2.26. The molecular formula is C11H7Br2NO2. The Morgan fingerprint density at radius 3 is 2.75 bits per heavy atom. The molecule has 82 valence electrons. The van der Waals surface area contributed by atoms with Gasteiger partial charge in [-0.3, -0.25) is 4.79 Å². The van der Waals surface area contributed by atoms with Gasteiger partial charge in [0.1, 0.15) is 0 Å². The van der Waals surface area contributed by atoms with Gasteiger partial charge in [-0.15, -0.1) is 0 Å². The highest BCUT2D eigenvalue weighted by molar-refractivity contribution is 9.11. The molecule has 0 unspecified atom stereocenters. The van der Waals surface area contributed by atoms with Crippen LogP contribution in [0, 0.1) is 0 Å². The molecule has 1 N–H and O–H groups in total. The second kappa shape index (κ2) is 4.84. The van der Waals surface area contributed by atoms with E-state index >= 15 is 0 Å². The molecule has 0 radical (unpaired) electrons. The minimum atomic E-state index is -0.274. The number of amides is 1. The predicted octanol–water partition coefficient (Wildman–Crippen LogP) is 4.06. The van der Waals surface area contributed by atoms with Gasteiger partial charge in [0.05, 0.1) is 12.0 Å². The molecule has 2 rings (SSSR count). The van der Waals surface area contributed by atoms with Crippen LogP contribution in [0.3, 0.4) is 0 Å². The van der Waals surface area contributed by atoms with E-state index in [2.05, 4.69) is 37.2 Å². The summed E-state index contributed by atoms with van der Waals surface area (Å²) in [7, 11) is 0. The Bertz CT molecular complexity index is 509. The van der Waals surface area contributed by atoms with Crippen LogP contribution in [0.1, 0.15) is 10.6 Å². The second-order valence-corrected chi connectivity index (χ2v) is 4.83. The van der Waals surface area contributed by atoms with E-state index in [0.29, 0.717) is 5.69 Å². The van der Waals surface area contributed by atoms with Gasteiger partial charge in [-0.25, -0.2) is 0 Å². The number of halogens is 2. The molecule has 1 aromatic carbocycles. The third kappa shape index (κ3) is 2.54. The van der Waals surface area contributed by atoms with E-state index in [1.807, 2.05) is 18.2 Å². The average Bonchev–Trinajstić information content (AvgIpc) is 2.76. The van der Waals surface area contributed by atoms with Gasteiger partial charge in [0.2, 0.25) is 0 Å². The molecular weight excluding hydrogens is 338 g/mol. The highest BCUT2D eigenvalue weighted by atomic mass is 79.9. The van der Waals surface area contributed by atoms with E-state index in [1.165, 1.54) is 6.26 Å². The zero-order valence-electron chi connectivity index (χ0n) is 8.04. The molecule has 0 bridgehead atoms. The fraction of sp³-hybridized carbons (Fsp3) is 0. The van der Waals surface area contributed by atoms with Crippen LogP contribution in [0.5, 0.6) is 0 Å². The third-order valence-electron chi connectivity index (χ3n) is 1.92. The number of carbonyl (C=O) groups is 1. The lowest BCUT2D eigenvalue weighted by Crippen LogP contribution is -2.11. The lowest BCUT2D eigenvalue weighted by atomic mass is 10.3. The van der Waals surface area contributed by atoms with E-state index in [9.17, 15) is 4.79 Å². The van der Waals surface area contributed by atoms with Crippen LogP contribution in [0.15, 0.2) is 50.0 Å². The molecule has 0 aliphatic heterocycles. The van der Waals surface area contributed by atoms with Gasteiger partial charge in [-0.05, 0) is 46.3 Å². The number of anilines is 1. The topological polar surface area (TPSA) is 42.2 Å². The average molecular weight is 345 g/mol. The highest BCUT2D eigenvalue weighted by Gasteiger charge is 2.10. The summed E-state index contributed by atoms with van der Waals surface area (Å²) in [6.07, 6.45) is 1.46. The van der Waals surface area contributed by atoms with Crippen molar-refractivity contribution in [2.75, 3.05) is 5.32 Å². The van der Waals surface area contributed by atoms with Gasteiger partial charge in [-0.2, -0.15) is 0 Å². The fourth-order valence-electron chi connectivity index (χ4n) is 1.18. The van der Waals surface area contributed by atoms with Gasteiger partial charge in [0, 0.05) is 8.95 Å². The van der Waals surface area contributed by atoms with Gasteiger partial charge in [-0.1, -0.05) is 15.9 Å². The van der Waals surface area contributed by atoms with Crippen LogP contribution >= 0.6 is 31.9 Å². The Morgan fingerprint density at radius 1 is 1.25 bits per heavy atom. The largest absolute Gasteiger partial charge is 0.459 e. The van der Waals surface area contributed by atoms with Crippen LogP contribution in [-0.2, 0) is 0 Å². The summed E-state index contributed by atoms with van der Waals surface area (Å²) in [6, 6.07) is 8.82. The zero-order chi connectivity index (χ0) is 11.5. The summed E-state index contributed by atoms with van der Waals surface area (Å²) < 4.78 is 6.71. The molecule has 1 aromatic heterocycles. The Kier molecular flexibility index (Phi) is 3.46.